The summed E-state index contributed by atoms with van der Waals surface area (Å²) < 4.78 is 12.7. The summed E-state index contributed by atoms with van der Waals surface area (Å²) in [5.74, 6) is 1.55. The van der Waals surface area contributed by atoms with Crippen molar-refractivity contribution in [2.45, 2.75) is 6.92 Å². The lowest BCUT2D eigenvalue weighted by Crippen LogP contribution is -1.97. The Hall–Kier alpha value is -3.54. The van der Waals surface area contributed by atoms with E-state index in [9.17, 15) is 0 Å². The standard InChI is InChI=1S/C21H20N4O2/c1-14-12-25(13-23-14)16-8-15(9-18(10-16)27-3)24-20-6-7-22-21-11-17(26-2)4-5-19(20)21/h4-13H,1-3H3,(H,22,24). The minimum atomic E-state index is 0.765. The zero-order valence-corrected chi connectivity index (χ0v) is 15.4. The summed E-state index contributed by atoms with van der Waals surface area (Å²) in [5, 5.41) is 4.50. The van der Waals surface area contributed by atoms with Gasteiger partial charge in [0.05, 0.1) is 37.4 Å². The van der Waals surface area contributed by atoms with Gasteiger partial charge in [0.1, 0.15) is 11.5 Å². The highest BCUT2D eigenvalue weighted by atomic mass is 16.5. The van der Waals surface area contributed by atoms with Crippen LogP contribution in [-0.2, 0) is 0 Å². The number of rotatable bonds is 5. The molecular weight excluding hydrogens is 340 g/mol. The van der Waals surface area contributed by atoms with Crippen LogP contribution in [0, 0.1) is 6.92 Å². The Balaban J connectivity index is 1.75. The molecule has 27 heavy (non-hydrogen) atoms. The molecule has 0 saturated carbocycles. The molecule has 0 unspecified atom stereocenters. The molecule has 0 aliphatic carbocycles. The number of nitrogens with one attached hydrogen (secondary N) is 1. The van der Waals surface area contributed by atoms with E-state index in [4.69, 9.17) is 9.47 Å². The van der Waals surface area contributed by atoms with E-state index in [1.54, 1.807) is 26.7 Å². The average molecular weight is 360 g/mol. The van der Waals surface area contributed by atoms with Gasteiger partial charge in [0, 0.05) is 47.4 Å². The van der Waals surface area contributed by atoms with Crippen molar-refractivity contribution < 1.29 is 9.47 Å². The van der Waals surface area contributed by atoms with Gasteiger partial charge in [-0.15, -0.1) is 0 Å². The second-order valence-electron chi connectivity index (χ2n) is 6.21. The van der Waals surface area contributed by atoms with E-state index in [0.717, 1.165) is 45.2 Å². The van der Waals surface area contributed by atoms with Crippen LogP contribution in [0.25, 0.3) is 16.6 Å². The molecule has 4 rings (SSSR count). The Bertz CT molecular complexity index is 1100. The molecule has 0 amide bonds. The van der Waals surface area contributed by atoms with E-state index in [1.165, 1.54) is 0 Å². The third-order valence-corrected chi connectivity index (χ3v) is 4.37. The smallest absolute Gasteiger partial charge is 0.123 e. The minimum Gasteiger partial charge on any atom is -0.497 e. The number of benzene rings is 2. The SMILES string of the molecule is COc1cc(Nc2ccnc3cc(OC)ccc23)cc(-n2cnc(C)c2)c1. The first-order chi connectivity index (χ1) is 13.2. The summed E-state index contributed by atoms with van der Waals surface area (Å²) in [5.41, 5.74) is 4.68. The summed E-state index contributed by atoms with van der Waals surface area (Å²) in [6, 6.07) is 13.8. The van der Waals surface area contributed by atoms with Gasteiger partial charge in [-0.3, -0.25) is 4.98 Å². The molecule has 0 aliphatic heterocycles. The minimum absolute atomic E-state index is 0.765. The van der Waals surface area contributed by atoms with E-state index in [2.05, 4.69) is 21.4 Å². The first-order valence-electron chi connectivity index (χ1n) is 8.56. The number of aryl methyl sites for hydroxylation is 1. The number of fused-ring (bicyclic) bond motifs is 1. The maximum Gasteiger partial charge on any atom is 0.123 e. The Morgan fingerprint density at radius 1 is 0.926 bits per heavy atom. The van der Waals surface area contributed by atoms with E-state index < -0.39 is 0 Å². The summed E-state index contributed by atoms with van der Waals surface area (Å²) in [7, 11) is 3.31. The van der Waals surface area contributed by atoms with Crippen LogP contribution in [0.15, 0.2) is 61.2 Å². The quantitative estimate of drug-likeness (QED) is 0.568. The Morgan fingerprint density at radius 2 is 1.78 bits per heavy atom. The zero-order chi connectivity index (χ0) is 18.8. The van der Waals surface area contributed by atoms with Gasteiger partial charge in [0.25, 0.3) is 0 Å². The third kappa shape index (κ3) is 3.42. The van der Waals surface area contributed by atoms with E-state index in [-0.39, 0.29) is 0 Å². The average Bonchev–Trinajstić information content (AvgIpc) is 3.14. The highest BCUT2D eigenvalue weighted by molar-refractivity contribution is 5.93. The number of aromatic nitrogens is 3. The molecule has 1 N–H and O–H groups in total. The van der Waals surface area contributed by atoms with Crippen molar-refractivity contribution in [1.82, 2.24) is 14.5 Å². The van der Waals surface area contributed by atoms with Crippen molar-refractivity contribution in [2.24, 2.45) is 0 Å². The molecule has 6 heteroatoms. The number of pyridine rings is 1. The molecule has 4 aromatic rings. The molecule has 0 radical (unpaired) electrons. The molecule has 136 valence electrons. The maximum absolute atomic E-state index is 5.48. The van der Waals surface area contributed by atoms with Crippen molar-refractivity contribution >= 4 is 22.3 Å². The lowest BCUT2D eigenvalue weighted by Gasteiger charge is -2.13. The number of hydrogen-bond acceptors (Lipinski definition) is 5. The van der Waals surface area contributed by atoms with Crippen LogP contribution >= 0.6 is 0 Å². The molecule has 2 aromatic heterocycles. The Labute approximate surface area is 157 Å². The molecule has 2 heterocycles. The normalized spacial score (nSPS) is 10.8. The predicted molar refractivity (Wildman–Crippen MR) is 106 cm³/mol. The fraction of sp³-hybridized carbons (Fsp3) is 0.143. The van der Waals surface area contributed by atoms with Crippen LogP contribution in [0.3, 0.4) is 0 Å². The number of methoxy groups -OCH3 is 2. The molecule has 0 aliphatic rings. The summed E-state index contributed by atoms with van der Waals surface area (Å²) >= 11 is 0. The number of hydrogen-bond donors (Lipinski definition) is 1. The van der Waals surface area contributed by atoms with Crippen molar-refractivity contribution in [3.05, 3.63) is 66.9 Å². The monoisotopic (exact) mass is 360 g/mol. The van der Waals surface area contributed by atoms with Crippen molar-refractivity contribution in [1.29, 1.82) is 0 Å². The van der Waals surface area contributed by atoms with Gasteiger partial charge in [0.15, 0.2) is 0 Å². The fourth-order valence-electron chi connectivity index (χ4n) is 3.00. The predicted octanol–water partition coefficient (Wildman–Crippen LogP) is 4.49. The van der Waals surface area contributed by atoms with E-state index in [0.29, 0.717) is 0 Å². The van der Waals surface area contributed by atoms with Crippen LogP contribution in [0.4, 0.5) is 11.4 Å². The van der Waals surface area contributed by atoms with Crippen LogP contribution in [0.5, 0.6) is 11.5 Å². The number of ether oxygens (including phenoxy) is 2. The largest absolute Gasteiger partial charge is 0.497 e. The fourth-order valence-corrected chi connectivity index (χ4v) is 3.00. The number of nitrogens with zero attached hydrogens (tertiary/aromatic N) is 3. The van der Waals surface area contributed by atoms with Crippen molar-refractivity contribution in [3.8, 4) is 17.2 Å². The molecule has 0 spiro atoms. The van der Waals surface area contributed by atoms with Crippen LogP contribution < -0.4 is 14.8 Å². The van der Waals surface area contributed by atoms with Gasteiger partial charge in [-0.05, 0) is 31.2 Å². The Morgan fingerprint density at radius 3 is 2.52 bits per heavy atom. The molecular formula is C21H20N4O2. The second-order valence-corrected chi connectivity index (χ2v) is 6.21. The molecule has 0 bridgehead atoms. The van der Waals surface area contributed by atoms with Gasteiger partial charge in [-0.25, -0.2) is 4.98 Å². The highest BCUT2D eigenvalue weighted by Crippen LogP contribution is 2.30. The number of imidazole rings is 1. The van der Waals surface area contributed by atoms with E-state index >= 15 is 0 Å². The van der Waals surface area contributed by atoms with Gasteiger partial charge >= 0.3 is 0 Å². The van der Waals surface area contributed by atoms with Crippen LogP contribution in [0.1, 0.15) is 5.69 Å². The van der Waals surface area contributed by atoms with Gasteiger partial charge < -0.3 is 19.4 Å². The van der Waals surface area contributed by atoms with Crippen LogP contribution in [0.2, 0.25) is 0 Å². The van der Waals surface area contributed by atoms with Crippen LogP contribution in [-0.4, -0.2) is 28.8 Å². The Kier molecular flexibility index (Phi) is 4.38. The molecule has 0 atom stereocenters. The molecule has 6 nitrogen and oxygen atoms in total. The van der Waals surface area contributed by atoms with Crippen molar-refractivity contribution in [3.63, 3.8) is 0 Å². The van der Waals surface area contributed by atoms with Gasteiger partial charge in [-0.1, -0.05) is 0 Å². The maximum atomic E-state index is 5.48. The summed E-state index contributed by atoms with van der Waals surface area (Å²) in [6.45, 7) is 1.97. The highest BCUT2D eigenvalue weighted by Gasteiger charge is 2.08. The second kappa shape index (κ2) is 6.99. The van der Waals surface area contributed by atoms with Gasteiger partial charge in [0.2, 0.25) is 0 Å². The topological polar surface area (TPSA) is 61.2 Å². The molecule has 2 aromatic carbocycles. The van der Waals surface area contributed by atoms with E-state index in [1.807, 2.05) is 54.1 Å². The molecule has 0 fully saturated rings. The molecule has 0 saturated heterocycles. The van der Waals surface area contributed by atoms with Gasteiger partial charge in [-0.2, -0.15) is 0 Å². The lowest BCUT2D eigenvalue weighted by molar-refractivity contribution is 0.415. The lowest BCUT2D eigenvalue weighted by atomic mass is 10.1. The summed E-state index contributed by atoms with van der Waals surface area (Å²) in [6.07, 6.45) is 5.55. The van der Waals surface area contributed by atoms with Crippen molar-refractivity contribution in [2.75, 3.05) is 19.5 Å². The zero-order valence-electron chi connectivity index (χ0n) is 15.4. The first kappa shape index (κ1) is 16.9. The first-order valence-corrected chi connectivity index (χ1v) is 8.56. The number of anilines is 2. The summed E-state index contributed by atoms with van der Waals surface area (Å²) in [4.78, 5) is 8.74. The third-order valence-electron chi connectivity index (χ3n) is 4.37.